The largest absolute Gasteiger partial charge is 0.431 e. The van der Waals surface area contributed by atoms with Gasteiger partial charge in [-0.05, 0) is 24.3 Å². The lowest BCUT2D eigenvalue weighted by molar-refractivity contribution is 0.0525. The number of rotatable bonds is 3. The van der Waals surface area contributed by atoms with Crippen molar-refractivity contribution >= 4 is 17.8 Å². The highest BCUT2D eigenvalue weighted by molar-refractivity contribution is 5.89. The van der Waals surface area contributed by atoms with Crippen molar-refractivity contribution in [1.82, 2.24) is 9.80 Å². The van der Waals surface area contributed by atoms with Gasteiger partial charge in [-0.3, -0.25) is 4.90 Å². The molecule has 32 heavy (non-hydrogen) atoms. The van der Waals surface area contributed by atoms with E-state index in [0.29, 0.717) is 25.3 Å². The fourth-order valence-electron chi connectivity index (χ4n) is 4.57. The van der Waals surface area contributed by atoms with Gasteiger partial charge in [0.25, 0.3) is 0 Å². The fourth-order valence-corrected chi connectivity index (χ4v) is 4.57. The van der Waals surface area contributed by atoms with E-state index < -0.39 is 11.6 Å². The van der Waals surface area contributed by atoms with Gasteiger partial charge in [-0.2, -0.15) is 0 Å². The predicted molar refractivity (Wildman–Crippen MR) is 118 cm³/mol. The maximum absolute atomic E-state index is 13.2. The number of amides is 3. The monoisotopic (exact) mass is 431 g/mol. The second kappa shape index (κ2) is 8.00. The second-order valence-electron chi connectivity index (χ2n) is 7.93. The summed E-state index contributed by atoms with van der Waals surface area (Å²) in [6, 6.07) is 24.2. The van der Waals surface area contributed by atoms with Crippen LogP contribution in [-0.2, 0) is 10.3 Å². The van der Waals surface area contributed by atoms with E-state index in [1.807, 2.05) is 60.7 Å². The van der Waals surface area contributed by atoms with Crippen LogP contribution in [0.5, 0.6) is 0 Å². The Bertz CT molecular complexity index is 1080. The molecule has 1 N–H and O–H groups in total. The zero-order valence-corrected chi connectivity index (χ0v) is 17.3. The second-order valence-corrected chi connectivity index (χ2v) is 7.93. The highest BCUT2D eigenvalue weighted by Gasteiger charge is 2.58. The molecule has 2 fully saturated rings. The van der Waals surface area contributed by atoms with Crippen LogP contribution in [-0.4, -0.2) is 47.6 Å². The maximum Gasteiger partial charge on any atom is 0.411 e. The van der Waals surface area contributed by atoms with Crippen molar-refractivity contribution in [2.45, 2.75) is 11.6 Å². The molecule has 2 heterocycles. The fraction of sp³-hybridized carbons (Fsp3) is 0.200. The van der Waals surface area contributed by atoms with Crippen molar-refractivity contribution in [2.75, 3.05) is 25.0 Å². The highest BCUT2D eigenvalue weighted by atomic mass is 19.1. The van der Waals surface area contributed by atoms with E-state index in [9.17, 15) is 14.0 Å². The van der Waals surface area contributed by atoms with Crippen LogP contribution < -0.4 is 5.32 Å². The standard InChI is InChI=1S/C25H22FN3O3/c26-20-11-13-21(14-12-20)27-23(30)28-15-16-29-22(17-28)25(32-24(29)31,18-7-3-1-4-8-18)19-9-5-2-6-10-19/h1-14,22H,15-17H2,(H,27,30). The van der Waals surface area contributed by atoms with E-state index in [4.69, 9.17) is 4.74 Å². The molecule has 0 aliphatic carbocycles. The van der Waals surface area contributed by atoms with Crippen LogP contribution in [0.3, 0.4) is 0 Å². The molecule has 0 aromatic heterocycles. The van der Waals surface area contributed by atoms with Gasteiger partial charge >= 0.3 is 12.1 Å². The Morgan fingerprint density at radius 3 is 2.09 bits per heavy atom. The first-order valence-electron chi connectivity index (χ1n) is 10.5. The molecule has 1 atom stereocenters. The Balaban J connectivity index is 1.49. The Labute approximate surface area is 185 Å². The van der Waals surface area contributed by atoms with Crippen molar-refractivity contribution in [1.29, 1.82) is 0 Å². The van der Waals surface area contributed by atoms with Gasteiger partial charge < -0.3 is 15.0 Å². The number of hydrogen-bond acceptors (Lipinski definition) is 3. The molecular formula is C25H22FN3O3. The number of anilines is 1. The van der Waals surface area contributed by atoms with Crippen LogP contribution in [0, 0.1) is 5.82 Å². The van der Waals surface area contributed by atoms with E-state index in [0.717, 1.165) is 11.1 Å². The lowest BCUT2D eigenvalue weighted by atomic mass is 9.79. The number of urea groups is 1. The average molecular weight is 431 g/mol. The van der Waals surface area contributed by atoms with Gasteiger partial charge in [0.1, 0.15) is 11.9 Å². The number of carbonyl (C=O) groups is 2. The van der Waals surface area contributed by atoms with E-state index in [-0.39, 0.29) is 17.9 Å². The molecule has 7 heteroatoms. The average Bonchev–Trinajstić information content (AvgIpc) is 3.14. The third-order valence-corrected chi connectivity index (χ3v) is 6.12. The molecule has 2 aliphatic heterocycles. The molecule has 0 bridgehead atoms. The van der Waals surface area contributed by atoms with Crippen LogP contribution in [0.1, 0.15) is 11.1 Å². The van der Waals surface area contributed by atoms with Crippen LogP contribution in [0.15, 0.2) is 84.9 Å². The minimum absolute atomic E-state index is 0.294. The molecule has 0 spiro atoms. The molecule has 162 valence electrons. The molecule has 2 saturated heterocycles. The summed E-state index contributed by atoms with van der Waals surface area (Å²) in [4.78, 5) is 29.3. The van der Waals surface area contributed by atoms with Gasteiger partial charge in [0, 0.05) is 36.4 Å². The minimum atomic E-state index is -1.03. The van der Waals surface area contributed by atoms with Crippen molar-refractivity contribution in [2.24, 2.45) is 0 Å². The number of hydrogen-bond donors (Lipinski definition) is 1. The van der Waals surface area contributed by atoms with Crippen molar-refractivity contribution < 1.29 is 18.7 Å². The smallest absolute Gasteiger partial charge is 0.411 e. The molecule has 6 nitrogen and oxygen atoms in total. The molecular weight excluding hydrogens is 409 g/mol. The summed E-state index contributed by atoms with van der Waals surface area (Å²) in [5, 5.41) is 2.81. The number of nitrogens with zero attached hydrogens (tertiary/aromatic N) is 2. The summed E-state index contributed by atoms with van der Waals surface area (Å²) in [5.41, 5.74) is 1.18. The predicted octanol–water partition coefficient (Wildman–Crippen LogP) is 4.44. The van der Waals surface area contributed by atoms with Gasteiger partial charge in [-0.25, -0.2) is 14.0 Å². The number of fused-ring (bicyclic) bond motifs is 1. The minimum Gasteiger partial charge on any atom is -0.431 e. The topological polar surface area (TPSA) is 61.9 Å². The van der Waals surface area contributed by atoms with E-state index in [1.165, 1.54) is 24.3 Å². The number of nitrogens with one attached hydrogen (secondary N) is 1. The number of carbonyl (C=O) groups excluding carboxylic acids is 2. The third-order valence-electron chi connectivity index (χ3n) is 6.12. The third kappa shape index (κ3) is 3.36. The Morgan fingerprint density at radius 2 is 1.50 bits per heavy atom. The number of cyclic esters (lactones) is 1. The first kappa shape index (κ1) is 20.1. The lowest BCUT2D eigenvalue weighted by Gasteiger charge is -2.42. The zero-order chi connectivity index (χ0) is 22.1. The van der Waals surface area contributed by atoms with Gasteiger partial charge in [-0.1, -0.05) is 60.7 Å². The zero-order valence-electron chi connectivity index (χ0n) is 17.3. The summed E-state index contributed by atoms with van der Waals surface area (Å²) in [6.07, 6.45) is -0.388. The number of benzene rings is 3. The molecule has 2 aliphatic rings. The van der Waals surface area contributed by atoms with Gasteiger partial charge in [0.05, 0.1) is 0 Å². The summed E-state index contributed by atoms with van der Waals surface area (Å²) in [5.74, 6) is -0.367. The van der Waals surface area contributed by atoms with Crippen LogP contribution in [0.2, 0.25) is 0 Å². The van der Waals surface area contributed by atoms with E-state index >= 15 is 0 Å². The van der Waals surface area contributed by atoms with Crippen molar-refractivity contribution in [3.05, 3.63) is 102 Å². The lowest BCUT2D eigenvalue weighted by Crippen LogP contribution is -2.59. The molecule has 0 saturated carbocycles. The maximum atomic E-state index is 13.2. The SMILES string of the molecule is O=C(Nc1ccc(F)cc1)N1CCN2C(=O)OC(c3ccccc3)(c3ccccc3)C2C1. The molecule has 1 unspecified atom stereocenters. The van der Waals surface area contributed by atoms with Gasteiger partial charge in [0.15, 0.2) is 5.60 Å². The summed E-state index contributed by atoms with van der Waals surface area (Å²) >= 11 is 0. The number of piperazine rings is 1. The van der Waals surface area contributed by atoms with Crippen LogP contribution >= 0.6 is 0 Å². The van der Waals surface area contributed by atoms with Crippen molar-refractivity contribution in [3.63, 3.8) is 0 Å². The number of halogens is 1. The summed E-state index contributed by atoms with van der Waals surface area (Å²) in [7, 11) is 0. The number of ether oxygens (including phenoxy) is 1. The highest BCUT2D eigenvalue weighted by Crippen LogP contribution is 2.45. The van der Waals surface area contributed by atoms with Gasteiger partial charge in [0.2, 0.25) is 0 Å². The molecule has 5 rings (SSSR count). The normalized spacial score (nSPS) is 19.3. The van der Waals surface area contributed by atoms with Crippen molar-refractivity contribution in [3.8, 4) is 0 Å². The van der Waals surface area contributed by atoms with E-state index in [1.54, 1.807) is 9.80 Å². The Morgan fingerprint density at radius 1 is 0.906 bits per heavy atom. The molecule has 3 aromatic rings. The van der Waals surface area contributed by atoms with E-state index in [2.05, 4.69) is 5.32 Å². The first-order chi connectivity index (χ1) is 15.6. The van der Waals surface area contributed by atoms with Crippen LogP contribution in [0.25, 0.3) is 0 Å². The molecule has 3 aromatic carbocycles. The Kier molecular flexibility index (Phi) is 5.01. The summed E-state index contributed by atoms with van der Waals surface area (Å²) < 4.78 is 19.3. The first-order valence-corrected chi connectivity index (χ1v) is 10.5. The van der Waals surface area contributed by atoms with Gasteiger partial charge in [-0.15, -0.1) is 0 Å². The summed E-state index contributed by atoms with van der Waals surface area (Å²) in [6.45, 7) is 1.03. The molecule has 0 radical (unpaired) electrons. The van der Waals surface area contributed by atoms with Crippen LogP contribution in [0.4, 0.5) is 19.7 Å². The Hall–Kier alpha value is -3.87. The quantitative estimate of drug-likeness (QED) is 0.667. The molecule has 3 amide bonds.